The fraction of sp³-hybridized carbons (Fsp3) is 0.833. The first-order chi connectivity index (χ1) is 10.7. The first-order valence-corrected chi connectivity index (χ1v) is 9.07. The summed E-state index contributed by atoms with van der Waals surface area (Å²) in [6.07, 6.45) is 12.2. The van der Waals surface area contributed by atoms with Crippen LogP contribution in [0.15, 0.2) is 17.1 Å². The Labute approximate surface area is 159 Å². The van der Waals surface area contributed by atoms with Crippen molar-refractivity contribution in [3.8, 4) is 0 Å². The lowest BCUT2D eigenvalue weighted by molar-refractivity contribution is 0.161. The number of hydrogen-bond acceptors (Lipinski definition) is 2. The van der Waals surface area contributed by atoms with Crippen molar-refractivity contribution in [3.63, 3.8) is 0 Å². The Balaban J connectivity index is 0.00000264. The molecule has 0 amide bonds. The predicted molar refractivity (Wildman–Crippen MR) is 111 cm³/mol. The maximum absolute atomic E-state index is 4.39. The highest BCUT2D eigenvalue weighted by Crippen LogP contribution is 2.17. The van der Waals surface area contributed by atoms with E-state index in [1.807, 2.05) is 7.05 Å². The summed E-state index contributed by atoms with van der Waals surface area (Å²) >= 11 is 0. The first kappa shape index (κ1) is 20.7. The topological polar surface area (TPSA) is 39.7 Å². The van der Waals surface area contributed by atoms with E-state index in [2.05, 4.69) is 46.5 Å². The van der Waals surface area contributed by atoms with Gasteiger partial charge >= 0.3 is 0 Å². The molecule has 134 valence electrons. The van der Waals surface area contributed by atoms with E-state index in [1.165, 1.54) is 38.8 Å². The summed E-state index contributed by atoms with van der Waals surface area (Å²) < 4.78 is 0. The van der Waals surface area contributed by atoms with Crippen molar-refractivity contribution in [1.29, 1.82) is 0 Å². The molecule has 1 aliphatic carbocycles. The Morgan fingerprint density at radius 3 is 2.26 bits per heavy atom. The van der Waals surface area contributed by atoms with Crippen LogP contribution in [0.4, 0.5) is 0 Å². The van der Waals surface area contributed by atoms with Gasteiger partial charge in [0.05, 0.1) is 0 Å². The third-order valence-electron chi connectivity index (χ3n) is 4.93. The maximum atomic E-state index is 4.39. The molecule has 2 N–H and O–H groups in total. The molecular formula is C18H35IN4. The molecule has 2 rings (SSSR count). The predicted octanol–water partition coefficient (Wildman–Crippen LogP) is 3.39. The van der Waals surface area contributed by atoms with Crippen LogP contribution in [0.2, 0.25) is 0 Å². The Hall–Kier alpha value is -0.300. The van der Waals surface area contributed by atoms with Gasteiger partial charge in [0.15, 0.2) is 5.96 Å². The van der Waals surface area contributed by atoms with Crippen LogP contribution >= 0.6 is 24.0 Å². The minimum absolute atomic E-state index is 0. The zero-order chi connectivity index (χ0) is 15.8. The smallest absolute Gasteiger partial charge is 0.191 e. The number of aliphatic imine (C=N–C) groups is 1. The molecular weight excluding hydrogens is 399 g/mol. The quantitative estimate of drug-likeness (QED) is 0.302. The summed E-state index contributed by atoms with van der Waals surface area (Å²) in [5, 5.41) is 7.10. The van der Waals surface area contributed by atoms with Crippen molar-refractivity contribution in [2.45, 2.75) is 64.5 Å². The fourth-order valence-electron chi connectivity index (χ4n) is 3.54. The van der Waals surface area contributed by atoms with E-state index in [9.17, 15) is 0 Å². The maximum Gasteiger partial charge on any atom is 0.191 e. The molecule has 5 heteroatoms. The minimum atomic E-state index is 0. The zero-order valence-corrected chi connectivity index (χ0v) is 17.4. The molecule has 1 atom stereocenters. The average Bonchev–Trinajstić information content (AvgIpc) is 2.87. The van der Waals surface area contributed by atoms with Crippen molar-refractivity contribution in [2.24, 2.45) is 10.9 Å². The molecule has 2 aliphatic rings. The van der Waals surface area contributed by atoms with E-state index >= 15 is 0 Å². The highest BCUT2D eigenvalue weighted by molar-refractivity contribution is 14.0. The van der Waals surface area contributed by atoms with Crippen LogP contribution in [-0.2, 0) is 0 Å². The molecule has 1 fully saturated rings. The van der Waals surface area contributed by atoms with Crippen LogP contribution in [0, 0.1) is 5.92 Å². The minimum Gasteiger partial charge on any atom is -0.355 e. The second-order valence-corrected chi connectivity index (χ2v) is 7.00. The van der Waals surface area contributed by atoms with Gasteiger partial charge in [0, 0.05) is 25.7 Å². The van der Waals surface area contributed by atoms with Crippen molar-refractivity contribution in [3.05, 3.63) is 12.2 Å². The summed E-state index contributed by atoms with van der Waals surface area (Å²) in [6, 6.07) is 1.11. The van der Waals surface area contributed by atoms with Crippen LogP contribution < -0.4 is 10.6 Å². The van der Waals surface area contributed by atoms with E-state index < -0.39 is 0 Å². The molecule has 0 aromatic carbocycles. The van der Waals surface area contributed by atoms with Crippen LogP contribution in [0.5, 0.6) is 0 Å². The van der Waals surface area contributed by atoms with Crippen molar-refractivity contribution >= 4 is 29.9 Å². The fourth-order valence-corrected chi connectivity index (χ4v) is 3.54. The SMILES string of the molecule is CN=C(NCC(C(C)C)N1CCCCCC1)NC1CC=CC1.I. The molecule has 0 aromatic rings. The molecule has 0 radical (unpaired) electrons. The standard InChI is InChI=1S/C18H34N4.HI/c1-15(2)17(22-12-8-4-5-9-13-22)14-20-18(19-3)21-16-10-6-7-11-16;/h6-7,15-17H,4-5,8-14H2,1-3H3,(H2,19,20,21);1H. The number of halogens is 1. The van der Waals surface area contributed by atoms with Gasteiger partial charge in [-0.05, 0) is 44.7 Å². The second-order valence-electron chi connectivity index (χ2n) is 7.00. The van der Waals surface area contributed by atoms with Crippen molar-refractivity contribution in [1.82, 2.24) is 15.5 Å². The first-order valence-electron chi connectivity index (χ1n) is 9.07. The largest absolute Gasteiger partial charge is 0.355 e. The third-order valence-corrected chi connectivity index (χ3v) is 4.93. The van der Waals surface area contributed by atoms with Gasteiger partial charge in [-0.15, -0.1) is 24.0 Å². The Morgan fingerprint density at radius 2 is 1.74 bits per heavy atom. The number of guanidine groups is 1. The molecule has 0 saturated carbocycles. The van der Waals surface area contributed by atoms with Gasteiger partial charge in [-0.25, -0.2) is 0 Å². The lowest BCUT2D eigenvalue weighted by Crippen LogP contribution is -2.51. The van der Waals surface area contributed by atoms with Gasteiger partial charge < -0.3 is 10.6 Å². The molecule has 1 aliphatic heterocycles. The third kappa shape index (κ3) is 6.99. The number of hydrogen-bond donors (Lipinski definition) is 2. The zero-order valence-electron chi connectivity index (χ0n) is 15.1. The van der Waals surface area contributed by atoms with E-state index in [4.69, 9.17) is 0 Å². The van der Waals surface area contributed by atoms with E-state index in [0.29, 0.717) is 18.0 Å². The number of nitrogens with one attached hydrogen (secondary N) is 2. The van der Waals surface area contributed by atoms with Gasteiger partial charge in [-0.3, -0.25) is 9.89 Å². The summed E-state index contributed by atoms with van der Waals surface area (Å²) in [5.74, 6) is 1.62. The van der Waals surface area contributed by atoms with Gasteiger partial charge in [0.25, 0.3) is 0 Å². The van der Waals surface area contributed by atoms with Gasteiger partial charge in [0.2, 0.25) is 0 Å². The normalized spacial score (nSPS) is 21.8. The Kier molecular flexibility index (Phi) is 10.2. The average molecular weight is 434 g/mol. The van der Waals surface area contributed by atoms with Gasteiger partial charge in [0.1, 0.15) is 0 Å². The van der Waals surface area contributed by atoms with Crippen LogP contribution in [0.3, 0.4) is 0 Å². The molecule has 0 bridgehead atoms. The van der Waals surface area contributed by atoms with Gasteiger partial charge in [-0.1, -0.05) is 38.8 Å². The lowest BCUT2D eigenvalue weighted by atomic mass is 10.0. The second kappa shape index (κ2) is 11.3. The molecule has 1 saturated heterocycles. The molecule has 1 unspecified atom stereocenters. The molecule has 0 spiro atoms. The summed E-state index contributed by atoms with van der Waals surface area (Å²) in [4.78, 5) is 7.08. The van der Waals surface area contributed by atoms with E-state index in [1.54, 1.807) is 0 Å². The van der Waals surface area contributed by atoms with Crippen LogP contribution in [0.25, 0.3) is 0 Å². The lowest BCUT2D eigenvalue weighted by Gasteiger charge is -2.34. The molecule has 1 heterocycles. The Morgan fingerprint density at radius 1 is 1.13 bits per heavy atom. The van der Waals surface area contributed by atoms with Crippen LogP contribution in [-0.4, -0.2) is 49.6 Å². The van der Waals surface area contributed by atoms with Crippen LogP contribution in [0.1, 0.15) is 52.4 Å². The highest BCUT2D eigenvalue weighted by atomic mass is 127. The monoisotopic (exact) mass is 434 g/mol. The van der Waals surface area contributed by atoms with E-state index in [0.717, 1.165) is 25.3 Å². The summed E-state index contributed by atoms with van der Waals surface area (Å²) in [5.41, 5.74) is 0. The Bertz CT molecular complexity index is 365. The van der Waals surface area contributed by atoms with Crippen molar-refractivity contribution in [2.75, 3.05) is 26.7 Å². The highest BCUT2D eigenvalue weighted by Gasteiger charge is 2.23. The molecule has 23 heavy (non-hydrogen) atoms. The van der Waals surface area contributed by atoms with E-state index in [-0.39, 0.29) is 24.0 Å². The van der Waals surface area contributed by atoms with Gasteiger partial charge in [-0.2, -0.15) is 0 Å². The molecule has 4 nitrogen and oxygen atoms in total. The number of rotatable bonds is 5. The van der Waals surface area contributed by atoms with Crippen molar-refractivity contribution < 1.29 is 0 Å². The summed E-state index contributed by atoms with van der Waals surface area (Å²) in [7, 11) is 1.87. The summed E-state index contributed by atoms with van der Waals surface area (Å²) in [6.45, 7) is 8.17. The number of nitrogens with zero attached hydrogens (tertiary/aromatic N) is 2. The molecule has 0 aromatic heterocycles. The number of likely N-dealkylation sites (tertiary alicyclic amines) is 1.